The fourth-order valence-corrected chi connectivity index (χ4v) is 2.82. The van der Waals surface area contributed by atoms with Crippen molar-refractivity contribution in [2.24, 2.45) is 5.92 Å². The summed E-state index contributed by atoms with van der Waals surface area (Å²) in [6, 6.07) is 2.42. The zero-order chi connectivity index (χ0) is 12.5. The van der Waals surface area contributed by atoms with E-state index in [-0.39, 0.29) is 15.9 Å². The molecule has 1 nitrogen and oxygen atoms in total. The Bertz CT molecular complexity index is 383. The maximum absolute atomic E-state index is 14.3. The van der Waals surface area contributed by atoms with Crippen molar-refractivity contribution in [3.63, 3.8) is 0 Å². The fourth-order valence-electron chi connectivity index (χ4n) is 2.36. The molecule has 0 aliphatic heterocycles. The lowest BCUT2D eigenvalue weighted by Crippen LogP contribution is -2.27. The molecule has 1 aliphatic rings. The third kappa shape index (κ3) is 2.89. The molecule has 0 unspecified atom stereocenters. The normalized spacial score (nSPS) is 18.4. The standard InChI is InChI=1S/C12H13Cl2F2N/c13-10-6-9(7-11(14)17-10)12(15,16)8-4-2-1-3-5-8/h6-8H,1-5H2. The number of pyridine rings is 1. The minimum Gasteiger partial charge on any atom is -0.224 e. The minimum absolute atomic E-state index is 0.0167. The van der Waals surface area contributed by atoms with Gasteiger partial charge in [-0.2, -0.15) is 0 Å². The van der Waals surface area contributed by atoms with E-state index >= 15 is 0 Å². The molecule has 0 aromatic carbocycles. The molecule has 5 heteroatoms. The van der Waals surface area contributed by atoms with Crippen LogP contribution in [0.1, 0.15) is 37.7 Å². The van der Waals surface area contributed by atoms with E-state index in [1.54, 1.807) is 0 Å². The van der Waals surface area contributed by atoms with Crippen LogP contribution in [0.3, 0.4) is 0 Å². The molecule has 1 aliphatic carbocycles. The molecule has 94 valence electrons. The first-order valence-corrected chi connectivity index (χ1v) is 6.47. The van der Waals surface area contributed by atoms with E-state index in [1.807, 2.05) is 0 Å². The predicted molar refractivity (Wildman–Crippen MR) is 64.7 cm³/mol. The SMILES string of the molecule is FC(F)(c1cc(Cl)nc(Cl)c1)C1CCCCC1. The minimum atomic E-state index is -2.86. The lowest BCUT2D eigenvalue weighted by atomic mass is 9.82. The van der Waals surface area contributed by atoms with E-state index in [2.05, 4.69) is 4.98 Å². The third-order valence-corrected chi connectivity index (χ3v) is 3.65. The zero-order valence-electron chi connectivity index (χ0n) is 9.23. The van der Waals surface area contributed by atoms with Crippen molar-refractivity contribution in [2.75, 3.05) is 0 Å². The smallest absolute Gasteiger partial charge is 0.224 e. The molecule has 0 atom stereocenters. The number of hydrogen-bond donors (Lipinski definition) is 0. The van der Waals surface area contributed by atoms with Gasteiger partial charge in [-0.1, -0.05) is 42.5 Å². The zero-order valence-corrected chi connectivity index (χ0v) is 10.7. The number of rotatable bonds is 2. The van der Waals surface area contributed by atoms with Gasteiger partial charge < -0.3 is 0 Å². The Morgan fingerprint density at radius 1 is 1.06 bits per heavy atom. The number of nitrogens with zero attached hydrogens (tertiary/aromatic N) is 1. The first-order valence-electron chi connectivity index (χ1n) is 5.71. The highest BCUT2D eigenvalue weighted by atomic mass is 35.5. The second-order valence-corrected chi connectivity index (χ2v) is 5.23. The van der Waals surface area contributed by atoms with E-state index in [9.17, 15) is 8.78 Å². The van der Waals surface area contributed by atoms with E-state index in [0.717, 1.165) is 19.3 Å². The average Bonchev–Trinajstić information content (AvgIpc) is 2.29. The van der Waals surface area contributed by atoms with Gasteiger partial charge in [-0.3, -0.25) is 0 Å². The molecule has 1 aromatic heterocycles. The number of hydrogen-bond acceptors (Lipinski definition) is 1. The molecule has 2 rings (SSSR count). The Hall–Kier alpha value is -0.410. The van der Waals surface area contributed by atoms with Crippen LogP contribution in [-0.2, 0) is 5.92 Å². The molecule has 1 heterocycles. The van der Waals surface area contributed by atoms with Crippen LogP contribution in [0.4, 0.5) is 8.78 Å². The molecule has 0 radical (unpaired) electrons. The molecule has 1 saturated carbocycles. The van der Waals surface area contributed by atoms with Crippen LogP contribution in [0.15, 0.2) is 12.1 Å². The molecule has 0 saturated heterocycles. The van der Waals surface area contributed by atoms with E-state index in [1.165, 1.54) is 12.1 Å². The lowest BCUT2D eigenvalue weighted by Gasteiger charge is -2.30. The van der Waals surface area contributed by atoms with Crippen molar-refractivity contribution >= 4 is 23.2 Å². The van der Waals surface area contributed by atoms with E-state index in [4.69, 9.17) is 23.2 Å². The van der Waals surface area contributed by atoms with Crippen molar-refractivity contribution < 1.29 is 8.78 Å². The van der Waals surface area contributed by atoms with Crippen molar-refractivity contribution in [1.82, 2.24) is 4.98 Å². The summed E-state index contributed by atoms with van der Waals surface area (Å²) in [7, 11) is 0. The van der Waals surface area contributed by atoms with Crippen LogP contribution in [0.25, 0.3) is 0 Å². The molecule has 17 heavy (non-hydrogen) atoms. The van der Waals surface area contributed by atoms with Gasteiger partial charge in [0.05, 0.1) is 0 Å². The Kier molecular flexibility index (Phi) is 3.88. The number of aromatic nitrogens is 1. The van der Waals surface area contributed by atoms with Crippen LogP contribution >= 0.6 is 23.2 Å². The first kappa shape index (κ1) is 13.0. The highest BCUT2D eigenvalue weighted by Crippen LogP contribution is 2.44. The Labute approximate surface area is 109 Å². The van der Waals surface area contributed by atoms with Crippen LogP contribution in [-0.4, -0.2) is 4.98 Å². The first-order chi connectivity index (χ1) is 8.00. The second-order valence-electron chi connectivity index (χ2n) is 4.46. The van der Waals surface area contributed by atoms with Gasteiger partial charge in [-0.25, -0.2) is 13.8 Å². The van der Waals surface area contributed by atoms with Crippen molar-refractivity contribution in [2.45, 2.75) is 38.0 Å². The summed E-state index contributed by atoms with van der Waals surface area (Å²) in [5, 5.41) is 0.0333. The van der Waals surface area contributed by atoms with Crippen LogP contribution in [0.2, 0.25) is 10.3 Å². The van der Waals surface area contributed by atoms with Gasteiger partial charge in [-0.15, -0.1) is 0 Å². The monoisotopic (exact) mass is 279 g/mol. The highest BCUT2D eigenvalue weighted by molar-refractivity contribution is 6.32. The van der Waals surface area contributed by atoms with Crippen molar-refractivity contribution in [1.29, 1.82) is 0 Å². The summed E-state index contributed by atoms with van der Waals surface area (Å²) in [5.41, 5.74) is -0.116. The Balaban J connectivity index is 2.29. The third-order valence-electron chi connectivity index (χ3n) is 3.27. The lowest BCUT2D eigenvalue weighted by molar-refractivity contribution is -0.0778. The fraction of sp³-hybridized carbons (Fsp3) is 0.583. The van der Waals surface area contributed by atoms with Crippen LogP contribution < -0.4 is 0 Å². The summed E-state index contributed by atoms with van der Waals surface area (Å²) < 4.78 is 28.5. The highest BCUT2D eigenvalue weighted by Gasteiger charge is 2.41. The maximum Gasteiger partial charge on any atom is 0.276 e. The molecule has 1 fully saturated rings. The Morgan fingerprint density at radius 2 is 1.59 bits per heavy atom. The maximum atomic E-state index is 14.3. The van der Waals surface area contributed by atoms with Gasteiger partial charge in [0.2, 0.25) is 0 Å². The summed E-state index contributed by atoms with van der Waals surface area (Å²) in [4.78, 5) is 3.69. The second kappa shape index (κ2) is 5.07. The molecule has 1 aromatic rings. The van der Waals surface area contributed by atoms with Gasteiger partial charge in [0.15, 0.2) is 0 Å². The van der Waals surface area contributed by atoms with Gasteiger partial charge >= 0.3 is 0 Å². The van der Waals surface area contributed by atoms with Gasteiger partial charge in [0.25, 0.3) is 5.92 Å². The quantitative estimate of drug-likeness (QED) is 0.690. The molecular formula is C12H13Cl2F2N. The molecule has 0 spiro atoms. The predicted octanol–water partition coefficient (Wildman–Crippen LogP) is 5.06. The van der Waals surface area contributed by atoms with Crippen LogP contribution in [0.5, 0.6) is 0 Å². The topological polar surface area (TPSA) is 12.9 Å². The van der Waals surface area contributed by atoms with E-state index < -0.39 is 11.8 Å². The molecule has 0 bridgehead atoms. The molecule has 0 amide bonds. The summed E-state index contributed by atoms with van der Waals surface area (Å²) in [6.45, 7) is 0. The Morgan fingerprint density at radius 3 is 2.12 bits per heavy atom. The summed E-state index contributed by atoms with van der Waals surface area (Å²) in [5.74, 6) is -3.47. The van der Waals surface area contributed by atoms with Gasteiger partial charge in [-0.05, 0) is 25.0 Å². The number of halogens is 4. The number of alkyl halides is 2. The summed E-state index contributed by atoms with van der Waals surface area (Å²) >= 11 is 11.3. The summed E-state index contributed by atoms with van der Waals surface area (Å²) in [6.07, 6.45) is 3.90. The van der Waals surface area contributed by atoms with Gasteiger partial charge in [0, 0.05) is 11.5 Å². The molecular weight excluding hydrogens is 267 g/mol. The van der Waals surface area contributed by atoms with Gasteiger partial charge in [0.1, 0.15) is 10.3 Å². The van der Waals surface area contributed by atoms with Crippen molar-refractivity contribution in [3.8, 4) is 0 Å². The molecule has 0 N–H and O–H groups in total. The van der Waals surface area contributed by atoms with Crippen molar-refractivity contribution in [3.05, 3.63) is 28.0 Å². The van der Waals surface area contributed by atoms with E-state index in [0.29, 0.717) is 12.8 Å². The van der Waals surface area contributed by atoms with Crippen LogP contribution in [0, 0.1) is 5.92 Å². The largest absolute Gasteiger partial charge is 0.276 e. The average molecular weight is 280 g/mol.